The van der Waals surface area contributed by atoms with Crippen molar-refractivity contribution >= 4 is 35.2 Å². The Morgan fingerprint density at radius 1 is 1.12 bits per heavy atom. The zero-order valence-corrected chi connectivity index (χ0v) is 15.4. The lowest BCUT2D eigenvalue weighted by Gasteiger charge is -2.34. The molecule has 0 aromatic heterocycles. The minimum atomic E-state index is -0.345. The molecule has 1 aromatic rings. The smallest absolute Gasteiger partial charge is 0.244 e. The monoisotopic (exact) mass is 348 g/mol. The molecule has 6 heteroatoms. The SMILES string of the molecule is CC[C@@H]1S[C@H](CC)C(=O)N(CC(=O)Nc2cc(C)ccc2C)C1=O. The molecule has 0 spiro atoms. The summed E-state index contributed by atoms with van der Waals surface area (Å²) in [6.45, 7) is 7.47. The first kappa shape index (κ1) is 18.5. The minimum absolute atomic E-state index is 0.224. The Hall–Kier alpha value is -1.82. The Kier molecular flexibility index (Phi) is 6.04. The van der Waals surface area contributed by atoms with E-state index in [0.717, 1.165) is 16.0 Å². The van der Waals surface area contributed by atoms with Crippen LogP contribution >= 0.6 is 11.8 Å². The molecule has 1 aliphatic heterocycles. The standard InChI is InChI=1S/C18H24N2O3S/c1-5-14-17(22)20(18(23)15(6-2)24-14)10-16(21)19-13-9-11(3)7-8-12(13)4/h7-9,14-15H,5-6,10H2,1-4H3,(H,19,21)/t14-,15+. The summed E-state index contributed by atoms with van der Waals surface area (Å²) in [6.07, 6.45) is 1.31. The molecule has 0 unspecified atom stereocenters. The highest BCUT2D eigenvalue weighted by Crippen LogP contribution is 2.31. The summed E-state index contributed by atoms with van der Waals surface area (Å²) in [5, 5.41) is 2.32. The quantitative estimate of drug-likeness (QED) is 0.831. The van der Waals surface area contributed by atoms with Crippen LogP contribution < -0.4 is 5.32 Å². The Morgan fingerprint density at radius 2 is 1.71 bits per heavy atom. The van der Waals surface area contributed by atoms with E-state index in [1.807, 2.05) is 45.9 Å². The van der Waals surface area contributed by atoms with E-state index in [1.54, 1.807) is 0 Å². The summed E-state index contributed by atoms with van der Waals surface area (Å²) in [4.78, 5) is 38.4. The van der Waals surface area contributed by atoms with Gasteiger partial charge in [0, 0.05) is 5.69 Å². The average molecular weight is 348 g/mol. The van der Waals surface area contributed by atoms with Gasteiger partial charge in [-0.15, -0.1) is 11.8 Å². The van der Waals surface area contributed by atoms with Gasteiger partial charge in [0.05, 0.1) is 10.5 Å². The minimum Gasteiger partial charge on any atom is -0.324 e. The van der Waals surface area contributed by atoms with E-state index >= 15 is 0 Å². The summed E-state index contributed by atoms with van der Waals surface area (Å²) < 4.78 is 0. The highest BCUT2D eigenvalue weighted by atomic mass is 32.2. The van der Waals surface area contributed by atoms with Gasteiger partial charge in [-0.1, -0.05) is 26.0 Å². The maximum absolute atomic E-state index is 12.4. The zero-order valence-electron chi connectivity index (χ0n) is 14.6. The van der Waals surface area contributed by atoms with Crippen molar-refractivity contribution in [3.05, 3.63) is 29.3 Å². The van der Waals surface area contributed by atoms with Crippen molar-refractivity contribution in [2.24, 2.45) is 0 Å². The molecule has 3 amide bonds. The summed E-state index contributed by atoms with van der Waals surface area (Å²) in [6, 6.07) is 5.78. The van der Waals surface area contributed by atoms with Gasteiger partial charge in [0.15, 0.2) is 0 Å². The number of nitrogens with zero attached hydrogens (tertiary/aromatic N) is 1. The number of carbonyl (C=O) groups excluding carboxylic acids is 3. The van der Waals surface area contributed by atoms with Crippen LogP contribution in [0.15, 0.2) is 18.2 Å². The molecule has 1 N–H and O–H groups in total. The predicted octanol–water partition coefficient (Wildman–Crippen LogP) is 2.90. The molecule has 2 atom stereocenters. The number of anilines is 1. The fourth-order valence-corrected chi connectivity index (χ4v) is 3.94. The number of thioether (sulfide) groups is 1. The second-order valence-corrected chi connectivity index (χ2v) is 7.47. The fourth-order valence-electron chi connectivity index (χ4n) is 2.67. The first-order valence-electron chi connectivity index (χ1n) is 8.25. The molecule has 0 aliphatic carbocycles. The van der Waals surface area contributed by atoms with Crippen molar-refractivity contribution in [1.82, 2.24) is 4.90 Å². The van der Waals surface area contributed by atoms with Crippen molar-refractivity contribution in [3.63, 3.8) is 0 Å². The van der Waals surface area contributed by atoms with E-state index in [9.17, 15) is 14.4 Å². The van der Waals surface area contributed by atoms with Gasteiger partial charge in [-0.05, 0) is 43.9 Å². The fraction of sp³-hybridized carbons (Fsp3) is 0.500. The van der Waals surface area contributed by atoms with Crippen LogP contribution in [0.5, 0.6) is 0 Å². The van der Waals surface area contributed by atoms with Crippen LogP contribution in [0.25, 0.3) is 0 Å². The van der Waals surface area contributed by atoms with E-state index in [-0.39, 0.29) is 34.8 Å². The number of carbonyl (C=O) groups is 3. The molecule has 0 bridgehead atoms. The van der Waals surface area contributed by atoms with Gasteiger partial charge in [0.2, 0.25) is 17.7 Å². The molecular formula is C18H24N2O3S. The first-order valence-corrected chi connectivity index (χ1v) is 9.19. The molecule has 0 radical (unpaired) electrons. The Bertz CT molecular complexity index is 638. The maximum atomic E-state index is 12.4. The number of hydrogen-bond acceptors (Lipinski definition) is 4. The number of nitrogens with one attached hydrogen (secondary N) is 1. The van der Waals surface area contributed by atoms with Crippen LogP contribution in [0.4, 0.5) is 5.69 Å². The molecule has 24 heavy (non-hydrogen) atoms. The van der Waals surface area contributed by atoms with Crippen LogP contribution in [-0.2, 0) is 14.4 Å². The number of benzene rings is 1. The second kappa shape index (κ2) is 7.83. The van der Waals surface area contributed by atoms with E-state index in [2.05, 4.69) is 5.32 Å². The molecule has 1 aliphatic rings. The van der Waals surface area contributed by atoms with Gasteiger partial charge in [0.1, 0.15) is 6.54 Å². The second-order valence-electron chi connectivity index (χ2n) is 6.06. The lowest BCUT2D eigenvalue weighted by molar-refractivity contribution is -0.147. The largest absolute Gasteiger partial charge is 0.324 e. The molecule has 5 nitrogen and oxygen atoms in total. The topological polar surface area (TPSA) is 66.5 Å². The van der Waals surface area contributed by atoms with Gasteiger partial charge >= 0.3 is 0 Å². The van der Waals surface area contributed by atoms with Gasteiger partial charge in [-0.25, -0.2) is 0 Å². The highest BCUT2D eigenvalue weighted by Gasteiger charge is 2.40. The zero-order chi connectivity index (χ0) is 17.9. The van der Waals surface area contributed by atoms with Crippen LogP contribution in [0.3, 0.4) is 0 Å². The molecule has 130 valence electrons. The van der Waals surface area contributed by atoms with Crippen LogP contribution in [0, 0.1) is 13.8 Å². The third-order valence-corrected chi connectivity index (χ3v) is 5.85. The highest BCUT2D eigenvalue weighted by molar-refractivity contribution is 8.02. The third kappa shape index (κ3) is 3.98. The van der Waals surface area contributed by atoms with Crippen LogP contribution in [0.1, 0.15) is 37.8 Å². The van der Waals surface area contributed by atoms with Gasteiger partial charge in [0.25, 0.3) is 0 Å². The third-order valence-electron chi connectivity index (χ3n) is 4.12. The van der Waals surface area contributed by atoms with Crippen molar-refractivity contribution < 1.29 is 14.4 Å². The summed E-state index contributed by atoms with van der Waals surface area (Å²) >= 11 is 1.41. The maximum Gasteiger partial charge on any atom is 0.244 e. The molecule has 2 rings (SSSR count). The summed E-state index contributed by atoms with van der Waals surface area (Å²) in [5.74, 6) is -0.858. The van der Waals surface area contributed by atoms with Crippen LogP contribution in [0.2, 0.25) is 0 Å². The Labute approximate surface area is 147 Å². The number of amides is 3. The van der Waals surface area contributed by atoms with E-state index in [0.29, 0.717) is 18.5 Å². The van der Waals surface area contributed by atoms with Crippen molar-refractivity contribution in [2.45, 2.75) is 51.0 Å². The number of rotatable bonds is 5. The van der Waals surface area contributed by atoms with Gasteiger partial charge in [-0.3, -0.25) is 19.3 Å². The Morgan fingerprint density at radius 3 is 2.25 bits per heavy atom. The van der Waals surface area contributed by atoms with Crippen molar-refractivity contribution in [3.8, 4) is 0 Å². The molecule has 1 heterocycles. The van der Waals surface area contributed by atoms with E-state index < -0.39 is 0 Å². The van der Waals surface area contributed by atoms with Crippen molar-refractivity contribution in [1.29, 1.82) is 0 Å². The average Bonchev–Trinajstić information content (AvgIpc) is 2.55. The molecular weight excluding hydrogens is 324 g/mol. The number of hydrogen-bond donors (Lipinski definition) is 1. The predicted molar refractivity (Wildman–Crippen MR) is 97.0 cm³/mol. The molecule has 1 aromatic carbocycles. The lowest BCUT2D eigenvalue weighted by Crippen LogP contribution is -2.53. The van der Waals surface area contributed by atoms with Gasteiger partial charge in [-0.2, -0.15) is 0 Å². The van der Waals surface area contributed by atoms with Crippen LogP contribution in [-0.4, -0.2) is 39.7 Å². The first-order chi connectivity index (χ1) is 11.4. The number of imide groups is 1. The van der Waals surface area contributed by atoms with Crippen molar-refractivity contribution in [2.75, 3.05) is 11.9 Å². The molecule has 1 fully saturated rings. The normalized spacial score (nSPS) is 21.1. The number of aryl methyl sites for hydroxylation is 2. The molecule has 1 saturated heterocycles. The lowest BCUT2D eigenvalue weighted by atomic mass is 10.1. The van der Waals surface area contributed by atoms with Gasteiger partial charge < -0.3 is 5.32 Å². The summed E-state index contributed by atoms with van der Waals surface area (Å²) in [5.41, 5.74) is 2.69. The van der Waals surface area contributed by atoms with E-state index in [1.165, 1.54) is 11.8 Å². The Balaban J connectivity index is 2.12. The molecule has 0 saturated carbocycles. The van der Waals surface area contributed by atoms with E-state index in [4.69, 9.17) is 0 Å². The summed E-state index contributed by atoms with van der Waals surface area (Å²) in [7, 11) is 0.